The number of pyridine rings is 1. The number of ether oxygens (including phenoxy) is 1. The quantitative estimate of drug-likeness (QED) is 0.698. The minimum atomic E-state index is -0.193. The van der Waals surface area contributed by atoms with Crippen molar-refractivity contribution in [2.75, 3.05) is 19.4 Å². The van der Waals surface area contributed by atoms with E-state index in [1.54, 1.807) is 19.0 Å². The fourth-order valence-corrected chi connectivity index (χ4v) is 3.77. The number of nitrogens with one attached hydrogen (secondary N) is 1. The molecule has 0 spiro atoms. The van der Waals surface area contributed by atoms with E-state index < -0.39 is 0 Å². The van der Waals surface area contributed by atoms with Crippen LogP contribution in [0.15, 0.2) is 84.6 Å². The zero-order valence-electron chi connectivity index (χ0n) is 16.8. The van der Waals surface area contributed by atoms with Gasteiger partial charge in [-0.05, 0) is 48.6 Å². The van der Waals surface area contributed by atoms with Crippen LogP contribution in [0.1, 0.15) is 5.56 Å². The highest BCUT2D eigenvalue weighted by Crippen LogP contribution is 2.41. The van der Waals surface area contributed by atoms with E-state index in [9.17, 15) is 4.79 Å². The SMILES string of the molecule is CN(C)C(=O)C1=CC=CC2Oc3ccc(Nc4cnc5ccccc5c4)cc3C2=C1. The number of carbonyl (C=O) groups excluding carboxylic acids is 1. The van der Waals surface area contributed by atoms with Crippen LogP contribution in [0.2, 0.25) is 0 Å². The normalized spacial score (nSPS) is 16.7. The van der Waals surface area contributed by atoms with Crippen LogP contribution >= 0.6 is 0 Å². The lowest BCUT2D eigenvalue weighted by Crippen LogP contribution is -2.22. The van der Waals surface area contributed by atoms with Crippen LogP contribution in [0.3, 0.4) is 0 Å². The smallest absolute Gasteiger partial charge is 0.253 e. The van der Waals surface area contributed by atoms with Gasteiger partial charge in [-0.2, -0.15) is 0 Å². The number of para-hydroxylation sites is 1. The van der Waals surface area contributed by atoms with E-state index in [0.29, 0.717) is 5.57 Å². The molecule has 5 nitrogen and oxygen atoms in total. The number of nitrogens with zero attached hydrogens (tertiary/aromatic N) is 2. The summed E-state index contributed by atoms with van der Waals surface area (Å²) in [5.41, 5.74) is 5.44. The summed E-state index contributed by atoms with van der Waals surface area (Å²) in [6, 6.07) is 16.1. The van der Waals surface area contributed by atoms with E-state index >= 15 is 0 Å². The van der Waals surface area contributed by atoms with Crippen molar-refractivity contribution in [2.45, 2.75) is 6.10 Å². The fraction of sp³-hybridized carbons (Fsp3) is 0.120. The lowest BCUT2D eigenvalue weighted by Gasteiger charge is -2.12. The van der Waals surface area contributed by atoms with E-state index in [-0.39, 0.29) is 12.0 Å². The average Bonchev–Trinajstić information content (AvgIpc) is 2.95. The van der Waals surface area contributed by atoms with Gasteiger partial charge in [0.25, 0.3) is 5.91 Å². The van der Waals surface area contributed by atoms with Crippen LogP contribution in [0.5, 0.6) is 5.75 Å². The molecule has 1 atom stereocenters. The van der Waals surface area contributed by atoms with Gasteiger partial charge in [-0.3, -0.25) is 9.78 Å². The highest BCUT2D eigenvalue weighted by atomic mass is 16.5. The molecule has 1 aliphatic heterocycles. The second-order valence-electron chi connectivity index (χ2n) is 7.60. The van der Waals surface area contributed by atoms with Crippen LogP contribution in [0.4, 0.5) is 11.4 Å². The predicted octanol–water partition coefficient (Wildman–Crippen LogP) is 4.71. The van der Waals surface area contributed by atoms with Crippen molar-refractivity contribution >= 4 is 33.8 Å². The van der Waals surface area contributed by atoms with Gasteiger partial charge in [-0.25, -0.2) is 0 Å². The Kier molecular flexibility index (Phi) is 4.36. The lowest BCUT2D eigenvalue weighted by atomic mass is 10.00. The van der Waals surface area contributed by atoms with Gasteiger partial charge in [0.2, 0.25) is 0 Å². The Hall–Kier alpha value is -3.86. The number of amides is 1. The topological polar surface area (TPSA) is 54.5 Å². The van der Waals surface area contributed by atoms with Crippen LogP contribution in [-0.4, -0.2) is 36.0 Å². The molecule has 1 aromatic heterocycles. The van der Waals surface area contributed by atoms with E-state index in [0.717, 1.165) is 39.2 Å². The number of hydrogen-bond acceptors (Lipinski definition) is 4. The molecule has 1 amide bonds. The Morgan fingerprint density at radius 2 is 1.97 bits per heavy atom. The maximum Gasteiger partial charge on any atom is 0.253 e. The number of hydrogen-bond donors (Lipinski definition) is 1. The summed E-state index contributed by atoms with van der Waals surface area (Å²) in [6.07, 6.45) is 9.26. The van der Waals surface area contributed by atoms with Crippen molar-refractivity contribution in [1.82, 2.24) is 9.88 Å². The molecule has 0 saturated heterocycles. The number of rotatable bonds is 3. The Morgan fingerprint density at radius 1 is 1.10 bits per heavy atom. The molecular formula is C25H21N3O2. The fourth-order valence-electron chi connectivity index (χ4n) is 3.77. The molecule has 148 valence electrons. The molecule has 2 heterocycles. The third kappa shape index (κ3) is 3.24. The third-order valence-corrected chi connectivity index (χ3v) is 5.26. The van der Waals surface area contributed by atoms with Crippen molar-refractivity contribution in [2.24, 2.45) is 0 Å². The molecule has 1 aliphatic carbocycles. The first-order chi connectivity index (χ1) is 14.6. The summed E-state index contributed by atoms with van der Waals surface area (Å²) in [5, 5.41) is 4.52. The second-order valence-corrected chi connectivity index (χ2v) is 7.60. The zero-order chi connectivity index (χ0) is 20.7. The summed E-state index contributed by atoms with van der Waals surface area (Å²) in [6.45, 7) is 0. The Bertz CT molecular complexity index is 1250. The van der Waals surface area contributed by atoms with Crippen LogP contribution in [0, 0.1) is 0 Å². The van der Waals surface area contributed by atoms with Gasteiger partial charge in [-0.1, -0.05) is 24.3 Å². The molecule has 30 heavy (non-hydrogen) atoms. The molecule has 2 aliphatic rings. The van der Waals surface area contributed by atoms with Crippen molar-refractivity contribution in [3.8, 4) is 5.75 Å². The zero-order valence-corrected chi connectivity index (χ0v) is 16.8. The number of likely N-dealkylation sites (N-methyl/N-ethyl adjacent to an activating group) is 1. The summed E-state index contributed by atoms with van der Waals surface area (Å²) < 4.78 is 6.09. The molecule has 0 saturated carbocycles. The van der Waals surface area contributed by atoms with E-state index in [1.165, 1.54) is 0 Å². The van der Waals surface area contributed by atoms with Crippen molar-refractivity contribution in [1.29, 1.82) is 0 Å². The molecule has 0 bridgehead atoms. The molecule has 0 radical (unpaired) electrons. The number of allylic oxidation sites excluding steroid dienone is 2. The monoisotopic (exact) mass is 395 g/mol. The first kappa shape index (κ1) is 18.2. The van der Waals surface area contributed by atoms with Crippen LogP contribution in [0.25, 0.3) is 16.5 Å². The van der Waals surface area contributed by atoms with Crippen LogP contribution < -0.4 is 10.1 Å². The van der Waals surface area contributed by atoms with Gasteiger partial charge in [0.15, 0.2) is 0 Å². The first-order valence-corrected chi connectivity index (χ1v) is 9.83. The summed E-state index contributed by atoms with van der Waals surface area (Å²) >= 11 is 0. The van der Waals surface area contributed by atoms with E-state index in [4.69, 9.17) is 4.74 Å². The third-order valence-electron chi connectivity index (χ3n) is 5.26. The predicted molar refractivity (Wildman–Crippen MR) is 120 cm³/mol. The number of anilines is 2. The van der Waals surface area contributed by atoms with Gasteiger partial charge in [0, 0.05) is 41.9 Å². The van der Waals surface area contributed by atoms with Gasteiger partial charge in [0.05, 0.1) is 17.4 Å². The van der Waals surface area contributed by atoms with Gasteiger partial charge in [-0.15, -0.1) is 0 Å². The largest absolute Gasteiger partial charge is 0.481 e. The Balaban J connectivity index is 1.48. The van der Waals surface area contributed by atoms with Gasteiger partial charge < -0.3 is 15.0 Å². The second kappa shape index (κ2) is 7.19. The number of benzene rings is 2. The highest BCUT2D eigenvalue weighted by Gasteiger charge is 2.29. The number of carbonyl (C=O) groups is 1. The van der Waals surface area contributed by atoms with Gasteiger partial charge in [0.1, 0.15) is 11.9 Å². The highest BCUT2D eigenvalue weighted by molar-refractivity contribution is 6.00. The average molecular weight is 395 g/mol. The van der Waals surface area contributed by atoms with Crippen molar-refractivity contribution in [3.05, 3.63) is 90.2 Å². The molecular weight excluding hydrogens is 374 g/mol. The molecule has 1 N–H and O–H groups in total. The van der Waals surface area contributed by atoms with Crippen molar-refractivity contribution in [3.63, 3.8) is 0 Å². The number of aromatic nitrogens is 1. The first-order valence-electron chi connectivity index (χ1n) is 9.83. The van der Waals surface area contributed by atoms with E-state index in [2.05, 4.69) is 22.4 Å². The maximum atomic E-state index is 12.5. The summed E-state index contributed by atoms with van der Waals surface area (Å²) in [5.74, 6) is 0.786. The minimum absolute atomic E-state index is 0.0298. The molecule has 5 rings (SSSR count). The van der Waals surface area contributed by atoms with Crippen molar-refractivity contribution < 1.29 is 9.53 Å². The molecule has 5 heteroatoms. The molecule has 2 aromatic carbocycles. The standard InChI is InChI=1S/C25H21N3O2/c1-28(2)25(29)17-7-5-9-23-20(13-17)21-14-18(10-11-24(21)30-23)27-19-12-16-6-3-4-8-22(16)26-15-19/h3-15,23,27H,1-2H3. The molecule has 1 unspecified atom stereocenters. The minimum Gasteiger partial charge on any atom is -0.481 e. The molecule has 3 aromatic rings. The molecule has 0 fully saturated rings. The van der Waals surface area contributed by atoms with Crippen LogP contribution in [-0.2, 0) is 4.79 Å². The lowest BCUT2D eigenvalue weighted by molar-refractivity contribution is -0.124. The number of fused-ring (bicyclic) bond motifs is 4. The maximum absolute atomic E-state index is 12.5. The summed E-state index contributed by atoms with van der Waals surface area (Å²) in [4.78, 5) is 18.6. The van der Waals surface area contributed by atoms with E-state index in [1.807, 2.05) is 66.9 Å². The Morgan fingerprint density at radius 3 is 2.83 bits per heavy atom. The van der Waals surface area contributed by atoms with Gasteiger partial charge >= 0.3 is 0 Å². The Labute approximate surface area is 175 Å². The summed E-state index contributed by atoms with van der Waals surface area (Å²) in [7, 11) is 3.51.